The SMILES string of the molecule is CCNc1nccc(N)c1[N+](=O)[O-]. The van der Waals surface area contributed by atoms with Gasteiger partial charge in [0.2, 0.25) is 5.82 Å². The molecule has 1 aromatic heterocycles. The van der Waals surface area contributed by atoms with E-state index in [1.165, 1.54) is 12.3 Å². The molecule has 1 aromatic rings. The second kappa shape index (κ2) is 3.70. The predicted molar refractivity (Wildman–Crippen MR) is 49.5 cm³/mol. The van der Waals surface area contributed by atoms with Crippen molar-refractivity contribution in [2.75, 3.05) is 17.6 Å². The van der Waals surface area contributed by atoms with Crippen LogP contribution < -0.4 is 11.1 Å². The molecule has 0 saturated carbocycles. The van der Waals surface area contributed by atoms with Gasteiger partial charge in [-0.1, -0.05) is 0 Å². The number of anilines is 2. The maximum Gasteiger partial charge on any atom is 0.333 e. The molecule has 0 aliphatic carbocycles. The van der Waals surface area contributed by atoms with Crippen LogP contribution in [0.5, 0.6) is 0 Å². The average Bonchev–Trinajstić information content (AvgIpc) is 2.04. The van der Waals surface area contributed by atoms with Crippen LogP contribution in [-0.4, -0.2) is 16.5 Å². The van der Waals surface area contributed by atoms with Crippen LogP contribution in [0.2, 0.25) is 0 Å². The standard InChI is InChI=1S/C7H10N4O2/c1-2-9-7-6(11(12)13)5(8)3-4-10-7/h3-4H,2H2,1H3,(H3,8,9,10). The third-order valence-corrected chi connectivity index (χ3v) is 1.48. The topological polar surface area (TPSA) is 94.1 Å². The molecule has 70 valence electrons. The third-order valence-electron chi connectivity index (χ3n) is 1.48. The Labute approximate surface area is 74.9 Å². The fourth-order valence-corrected chi connectivity index (χ4v) is 0.958. The Balaban J connectivity index is 3.17. The van der Waals surface area contributed by atoms with Gasteiger partial charge in [-0.3, -0.25) is 10.1 Å². The van der Waals surface area contributed by atoms with Gasteiger partial charge < -0.3 is 11.1 Å². The van der Waals surface area contributed by atoms with Crippen molar-refractivity contribution in [1.29, 1.82) is 0 Å². The molecular weight excluding hydrogens is 172 g/mol. The van der Waals surface area contributed by atoms with Gasteiger partial charge >= 0.3 is 5.69 Å². The minimum atomic E-state index is -0.541. The Bertz CT molecular complexity index is 326. The van der Waals surface area contributed by atoms with Crippen molar-refractivity contribution in [2.45, 2.75) is 6.92 Å². The van der Waals surface area contributed by atoms with Crippen molar-refractivity contribution < 1.29 is 4.92 Å². The van der Waals surface area contributed by atoms with Gasteiger partial charge in [0.05, 0.1) is 4.92 Å². The highest BCUT2D eigenvalue weighted by molar-refractivity contribution is 5.70. The van der Waals surface area contributed by atoms with Crippen molar-refractivity contribution in [3.63, 3.8) is 0 Å². The third kappa shape index (κ3) is 1.84. The summed E-state index contributed by atoms with van der Waals surface area (Å²) in [4.78, 5) is 13.8. The zero-order chi connectivity index (χ0) is 9.84. The van der Waals surface area contributed by atoms with Gasteiger partial charge in [0, 0.05) is 12.7 Å². The van der Waals surface area contributed by atoms with E-state index in [2.05, 4.69) is 10.3 Å². The summed E-state index contributed by atoms with van der Waals surface area (Å²) in [7, 11) is 0. The molecule has 6 heteroatoms. The molecule has 0 fully saturated rings. The first kappa shape index (κ1) is 9.24. The molecule has 0 radical (unpaired) electrons. The Kier molecular flexibility index (Phi) is 2.63. The van der Waals surface area contributed by atoms with Crippen molar-refractivity contribution in [2.24, 2.45) is 0 Å². The van der Waals surface area contributed by atoms with Crippen molar-refractivity contribution in [3.05, 3.63) is 22.4 Å². The lowest BCUT2D eigenvalue weighted by atomic mass is 10.3. The van der Waals surface area contributed by atoms with Gasteiger partial charge in [-0.25, -0.2) is 4.98 Å². The summed E-state index contributed by atoms with van der Waals surface area (Å²) in [5.74, 6) is 0.215. The number of nitro groups is 1. The van der Waals surface area contributed by atoms with Gasteiger partial charge in [0.15, 0.2) is 0 Å². The normalized spacial score (nSPS) is 9.62. The number of pyridine rings is 1. The van der Waals surface area contributed by atoms with E-state index >= 15 is 0 Å². The maximum atomic E-state index is 10.6. The van der Waals surface area contributed by atoms with E-state index in [-0.39, 0.29) is 17.2 Å². The first-order valence-corrected chi connectivity index (χ1v) is 3.79. The molecule has 13 heavy (non-hydrogen) atoms. The largest absolute Gasteiger partial charge is 0.393 e. The number of hydrogen-bond donors (Lipinski definition) is 2. The van der Waals surface area contributed by atoms with Crippen LogP contribution in [0.4, 0.5) is 17.2 Å². The fraction of sp³-hybridized carbons (Fsp3) is 0.286. The Morgan fingerprint density at radius 2 is 2.46 bits per heavy atom. The minimum Gasteiger partial charge on any atom is -0.393 e. The lowest BCUT2D eigenvalue weighted by molar-refractivity contribution is -0.383. The first-order chi connectivity index (χ1) is 6.16. The first-order valence-electron chi connectivity index (χ1n) is 3.79. The summed E-state index contributed by atoms with van der Waals surface area (Å²) in [6.45, 7) is 2.39. The highest BCUT2D eigenvalue weighted by Crippen LogP contribution is 2.27. The van der Waals surface area contributed by atoms with E-state index in [0.717, 1.165) is 0 Å². The van der Waals surface area contributed by atoms with Crippen LogP contribution in [0.25, 0.3) is 0 Å². The zero-order valence-electron chi connectivity index (χ0n) is 7.15. The highest BCUT2D eigenvalue weighted by Gasteiger charge is 2.18. The second-order valence-electron chi connectivity index (χ2n) is 2.38. The van der Waals surface area contributed by atoms with Gasteiger partial charge in [0.1, 0.15) is 5.69 Å². The molecule has 0 amide bonds. The van der Waals surface area contributed by atoms with Crippen LogP contribution in [0, 0.1) is 10.1 Å². The van der Waals surface area contributed by atoms with Crippen LogP contribution >= 0.6 is 0 Å². The number of nitrogens with one attached hydrogen (secondary N) is 1. The average molecular weight is 182 g/mol. The number of nitrogen functional groups attached to an aromatic ring is 1. The lowest BCUT2D eigenvalue weighted by Crippen LogP contribution is -2.05. The number of nitrogens with two attached hydrogens (primary N) is 1. The van der Waals surface area contributed by atoms with Crippen LogP contribution in [0.1, 0.15) is 6.92 Å². The summed E-state index contributed by atoms with van der Waals surface area (Å²) >= 11 is 0. The molecule has 0 bridgehead atoms. The molecule has 0 unspecified atom stereocenters. The quantitative estimate of drug-likeness (QED) is 0.537. The molecule has 0 spiro atoms. The number of hydrogen-bond acceptors (Lipinski definition) is 5. The molecule has 0 aliphatic heterocycles. The van der Waals surface area contributed by atoms with Gasteiger partial charge in [-0.15, -0.1) is 0 Å². The minimum absolute atomic E-state index is 0.121. The Hall–Kier alpha value is -1.85. The van der Waals surface area contributed by atoms with Crippen LogP contribution in [-0.2, 0) is 0 Å². The summed E-state index contributed by atoms with van der Waals surface area (Å²) in [5.41, 5.74) is 5.39. The van der Waals surface area contributed by atoms with E-state index in [0.29, 0.717) is 6.54 Å². The van der Waals surface area contributed by atoms with E-state index in [1.807, 2.05) is 6.92 Å². The molecule has 0 saturated heterocycles. The summed E-state index contributed by atoms with van der Waals surface area (Å²) in [5, 5.41) is 13.3. The van der Waals surface area contributed by atoms with Crippen LogP contribution in [0.3, 0.4) is 0 Å². The summed E-state index contributed by atoms with van der Waals surface area (Å²) in [6.07, 6.45) is 1.43. The predicted octanol–water partition coefficient (Wildman–Crippen LogP) is 1.00. The van der Waals surface area contributed by atoms with Gasteiger partial charge in [-0.05, 0) is 13.0 Å². The molecule has 3 N–H and O–H groups in total. The maximum absolute atomic E-state index is 10.6. The summed E-state index contributed by atoms with van der Waals surface area (Å²) in [6, 6.07) is 1.40. The smallest absolute Gasteiger partial charge is 0.333 e. The Morgan fingerprint density at radius 1 is 1.77 bits per heavy atom. The highest BCUT2D eigenvalue weighted by atomic mass is 16.6. The van der Waals surface area contributed by atoms with Crippen LogP contribution in [0.15, 0.2) is 12.3 Å². The fourth-order valence-electron chi connectivity index (χ4n) is 0.958. The summed E-state index contributed by atoms with van der Waals surface area (Å²) < 4.78 is 0. The van der Waals surface area contributed by atoms with Gasteiger partial charge in [0.25, 0.3) is 0 Å². The second-order valence-corrected chi connectivity index (χ2v) is 2.38. The molecule has 1 heterocycles. The molecule has 0 aliphatic rings. The van der Waals surface area contributed by atoms with E-state index in [9.17, 15) is 10.1 Å². The van der Waals surface area contributed by atoms with E-state index < -0.39 is 4.92 Å². The molecule has 0 atom stereocenters. The van der Waals surface area contributed by atoms with Crippen molar-refractivity contribution >= 4 is 17.2 Å². The molecule has 0 aromatic carbocycles. The molecule has 1 rings (SSSR count). The van der Waals surface area contributed by atoms with E-state index in [4.69, 9.17) is 5.73 Å². The number of aromatic nitrogens is 1. The number of nitrogens with zero attached hydrogens (tertiary/aromatic N) is 2. The number of rotatable bonds is 3. The van der Waals surface area contributed by atoms with E-state index in [1.54, 1.807) is 0 Å². The van der Waals surface area contributed by atoms with Gasteiger partial charge in [-0.2, -0.15) is 0 Å². The molecule has 6 nitrogen and oxygen atoms in total. The van der Waals surface area contributed by atoms with Crippen molar-refractivity contribution in [1.82, 2.24) is 4.98 Å². The lowest BCUT2D eigenvalue weighted by Gasteiger charge is -2.03. The zero-order valence-corrected chi connectivity index (χ0v) is 7.15. The van der Waals surface area contributed by atoms with Crippen molar-refractivity contribution in [3.8, 4) is 0 Å². The Morgan fingerprint density at radius 3 is 3.00 bits per heavy atom. The monoisotopic (exact) mass is 182 g/mol. The molecular formula is C7H10N4O2.